The zero-order valence-electron chi connectivity index (χ0n) is 20.6. The zero-order chi connectivity index (χ0) is 25.4. The van der Waals surface area contributed by atoms with E-state index < -0.39 is 11.4 Å². The molecule has 1 aliphatic heterocycles. The fraction of sp³-hybridized carbons (Fsp3) is 0.333. The minimum Gasteiger partial charge on any atom is -0.497 e. The van der Waals surface area contributed by atoms with Crippen LogP contribution in [-0.4, -0.2) is 50.9 Å². The van der Waals surface area contributed by atoms with Gasteiger partial charge in [-0.2, -0.15) is 0 Å². The Balaban J connectivity index is 1.37. The summed E-state index contributed by atoms with van der Waals surface area (Å²) in [5.74, 6) is -0.310. The van der Waals surface area contributed by atoms with Crippen molar-refractivity contribution < 1.29 is 19.1 Å². The average molecular weight is 488 g/mol. The van der Waals surface area contributed by atoms with E-state index in [1.807, 2.05) is 43.3 Å². The van der Waals surface area contributed by atoms with Crippen LogP contribution in [0.15, 0.2) is 54.9 Å². The number of rotatable bonds is 7. The second-order valence-electron chi connectivity index (χ2n) is 9.60. The summed E-state index contributed by atoms with van der Waals surface area (Å²) < 4.78 is 6.81. The number of amides is 3. The number of benzene rings is 2. The smallest absolute Gasteiger partial charge is 0.276 e. The fourth-order valence-electron chi connectivity index (χ4n) is 4.66. The van der Waals surface area contributed by atoms with E-state index in [2.05, 4.69) is 15.6 Å². The molecule has 0 radical (unpaired) electrons. The van der Waals surface area contributed by atoms with Crippen molar-refractivity contribution in [1.29, 1.82) is 0 Å². The van der Waals surface area contributed by atoms with E-state index in [1.165, 1.54) is 6.33 Å². The predicted octanol–water partition coefficient (Wildman–Crippen LogP) is 3.15. The lowest BCUT2D eigenvalue weighted by Crippen LogP contribution is -2.64. The molecule has 1 fully saturated rings. The van der Waals surface area contributed by atoms with Gasteiger partial charge < -0.3 is 24.8 Å². The SMILES string of the molecule is COc1ccc(CNC(=O)C2(C)Cn3cnc(C(=O)Nc4ccc(C)cc4)c3C(=O)N2C2CC2)cc1. The van der Waals surface area contributed by atoms with Crippen molar-refractivity contribution in [2.45, 2.75) is 51.4 Å². The summed E-state index contributed by atoms with van der Waals surface area (Å²) in [6.07, 6.45) is 3.12. The Morgan fingerprint density at radius 1 is 1.11 bits per heavy atom. The van der Waals surface area contributed by atoms with Gasteiger partial charge in [0.05, 0.1) is 20.0 Å². The molecule has 1 aliphatic carbocycles. The number of nitrogens with zero attached hydrogens (tertiary/aromatic N) is 3. The Hall–Kier alpha value is -4.14. The van der Waals surface area contributed by atoms with Gasteiger partial charge in [-0.3, -0.25) is 14.4 Å². The van der Waals surface area contributed by atoms with Crippen molar-refractivity contribution >= 4 is 23.4 Å². The van der Waals surface area contributed by atoms with Gasteiger partial charge in [0.2, 0.25) is 5.91 Å². The molecule has 1 saturated carbocycles. The van der Waals surface area contributed by atoms with Crippen molar-refractivity contribution in [3.8, 4) is 5.75 Å². The molecule has 36 heavy (non-hydrogen) atoms. The summed E-state index contributed by atoms with van der Waals surface area (Å²) in [7, 11) is 1.60. The van der Waals surface area contributed by atoms with E-state index in [9.17, 15) is 14.4 Å². The number of aryl methyl sites for hydroxylation is 1. The molecule has 1 atom stereocenters. The molecule has 2 aliphatic rings. The summed E-state index contributed by atoms with van der Waals surface area (Å²) in [4.78, 5) is 46.2. The van der Waals surface area contributed by atoms with Gasteiger partial charge in [-0.1, -0.05) is 29.8 Å². The van der Waals surface area contributed by atoms with Crippen molar-refractivity contribution in [1.82, 2.24) is 19.8 Å². The Morgan fingerprint density at radius 2 is 1.81 bits per heavy atom. The number of ether oxygens (including phenoxy) is 1. The molecule has 0 saturated heterocycles. The highest BCUT2D eigenvalue weighted by Gasteiger charge is 2.53. The van der Waals surface area contributed by atoms with E-state index in [-0.39, 0.29) is 35.8 Å². The van der Waals surface area contributed by atoms with E-state index in [0.717, 1.165) is 29.7 Å². The molecule has 2 heterocycles. The van der Waals surface area contributed by atoms with Crippen LogP contribution in [0.1, 0.15) is 51.9 Å². The van der Waals surface area contributed by atoms with Crippen molar-refractivity contribution in [2.24, 2.45) is 0 Å². The maximum absolute atomic E-state index is 13.7. The van der Waals surface area contributed by atoms with Crippen LogP contribution in [0.3, 0.4) is 0 Å². The molecule has 0 bridgehead atoms. The molecule has 2 N–H and O–H groups in total. The fourth-order valence-corrected chi connectivity index (χ4v) is 4.66. The Labute approximate surface area is 209 Å². The maximum atomic E-state index is 13.7. The number of carbonyl (C=O) groups excluding carboxylic acids is 3. The molecular formula is C27H29N5O4. The predicted molar refractivity (Wildman–Crippen MR) is 134 cm³/mol. The topological polar surface area (TPSA) is 106 Å². The van der Waals surface area contributed by atoms with Crippen molar-refractivity contribution in [2.75, 3.05) is 12.4 Å². The van der Waals surface area contributed by atoms with Gasteiger partial charge in [-0.05, 0) is 56.5 Å². The molecule has 1 unspecified atom stereocenters. The van der Waals surface area contributed by atoms with E-state index in [1.54, 1.807) is 35.6 Å². The molecule has 9 nitrogen and oxygen atoms in total. The summed E-state index contributed by atoms with van der Waals surface area (Å²) in [5.41, 5.74) is 1.79. The first kappa shape index (κ1) is 23.6. The number of hydrogen-bond acceptors (Lipinski definition) is 5. The van der Waals surface area contributed by atoms with Gasteiger partial charge in [-0.25, -0.2) is 4.98 Å². The van der Waals surface area contributed by atoms with Crippen LogP contribution in [0.2, 0.25) is 0 Å². The quantitative estimate of drug-likeness (QED) is 0.533. The highest BCUT2D eigenvalue weighted by atomic mass is 16.5. The monoisotopic (exact) mass is 487 g/mol. The molecule has 3 amide bonds. The number of methoxy groups -OCH3 is 1. The second-order valence-corrected chi connectivity index (χ2v) is 9.60. The number of hydrogen-bond donors (Lipinski definition) is 2. The third-order valence-corrected chi connectivity index (χ3v) is 6.81. The van der Waals surface area contributed by atoms with E-state index >= 15 is 0 Å². The molecule has 186 valence electrons. The molecule has 3 aromatic rings. The minimum atomic E-state index is -1.11. The van der Waals surface area contributed by atoms with Gasteiger partial charge in [0.25, 0.3) is 11.8 Å². The summed E-state index contributed by atoms with van der Waals surface area (Å²) in [6, 6.07) is 14.8. The van der Waals surface area contributed by atoms with Crippen molar-refractivity contribution in [3.05, 3.63) is 77.4 Å². The van der Waals surface area contributed by atoms with Gasteiger partial charge in [0.1, 0.15) is 17.0 Å². The van der Waals surface area contributed by atoms with E-state index in [4.69, 9.17) is 4.74 Å². The molecular weight excluding hydrogens is 458 g/mol. The average Bonchev–Trinajstić information content (AvgIpc) is 3.61. The van der Waals surface area contributed by atoms with Crippen molar-refractivity contribution in [3.63, 3.8) is 0 Å². The Bertz CT molecular complexity index is 1310. The number of imidazole rings is 1. The number of carbonyl (C=O) groups is 3. The third-order valence-electron chi connectivity index (χ3n) is 6.81. The van der Waals surface area contributed by atoms with E-state index in [0.29, 0.717) is 12.2 Å². The van der Waals surface area contributed by atoms with Gasteiger partial charge in [0.15, 0.2) is 5.69 Å². The van der Waals surface area contributed by atoms with Crippen LogP contribution in [0.25, 0.3) is 0 Å². The van der Waals surface area contributed by atoms with Crippen LogP contribution in [0.4, 0.5) is 5.69 Å². The van der Waals surface area contributed by atoms with Crippen LogP contribution >= 0.6 is 0 Å². The largest absolute Gasteiger partial charge is 0.497 e. The summed E-state index contributed by atoms with van der Waals surface area (Å²) in [5, 5.41) is 5.81. The highest BCUT2D eigenvalue weighted by Crippen LogP contribution is 2.39. The van der Waals surface area contributed by atoms with Crippen LogP contribution in [0, 0.1) is 6.92 Å². The number of nitrogens with one attached hydrogen (secondary N) is 2. The summed E-state index contributed by atoms with van der Waals surface area (Å²) >= 11 is 0. The highest BCUT2D eigenvalue weighted by molar-refractivity contribution is 6.11. The molecule has 2 aromatic carbocycles. The van der Waals surface area contributed by atoms with Crippen LogP contribution in [-0.2, 0) is 17.9 Å². The van der Waals surface area contributed by atoms with Gasteiger partial charge in [0, 0.05) is 18.3 Å². The van der Waals surface area contributed by atoms with Gasteiger partial charge in [-0.15, -0.1) is 0 Å². The number of aromatic nitrogens is 2. The normalized spacial score (nSPS) is 19.0. The lowest BCUT2D eigenvalue weighted by molar-refractivity contribution is -0.133. The Morgan fingerprint density at radius 3 is 2.44 bits per heavy atom. The first-order valence-electron chi connectivity index (χ1n) is 12.0. The first-order chi connectivity index (χ1) is 17.3. The van der Waals surface area contributed by atoms with Gasteiger partial charge >= 0.3 is 0 Å². The zero-order valence-corrected chi connectivity index (χ0v) is 20.6. The Kier molecular flexibility index (Phi) is 5.99. The van der Waals surface area contributed by atoms with Crippen LogP contribution < -0.4 is 15.4 Å². The number of fused-ring (bicyclic) bond motifs is 1. The lowest BCUT2D eigenvalue weighted by atomic mass is 9.93. The molecule has 0 spiro atoms. The van der Waals surface area contributed by atoms with Crippen LogP contribution in [0.5, 0.6) is 5.75 Å². The lowest BCUT2D eigenvalue weighted by Gasteiger charge is -2.44. The first-order valence-corrected chi connectivity index (χ1v) is 12.0. The maximum Gasteiger partial charge on any atom is 0.276 e. The second kappa shape index (κ2) is 9.14. The third kappa shape index (κ3) is 4.32. The number of anilines is 1. The molecule has 9 heteroatoms. The molecule has 5 rings (SSSR count). The molecule has 1 aromatic heterocycles. The minimum absolute atomic E-state index is 0.0362. The standard InChI is InChI=1S/C27H29N5O4/c1-17-4-8-19(9-5-17)30-24(33)22-23-25(34)32(20-10-11-20)27(2,15-31(23)16-29-22)26(35)28-14-18-6-12-21(36-3)13-7-18/h4-9,12-13,16,20H,10-11,14-15H2,1-3H3,(H,28,35)(H,30,33). The summed E-state index contributed by atoms with van der Waals surface area (Å²) in [6.45, 7) is 4.28.